The van der Waals surface area contributed by atoms with Gasteiger partial charge >= 0.3 is 0 Å². The molecule has 19 heavy (non-hydrogen) atoms. The molecule has 102 valence electrons. The van der Waals surface area contributed by atoms with E-state index in [0.717, 1.165) is 11.1 Å². The molecular weight excluding hydrogens is 264 g/mol. The average molecular weight is 280 g/mol. The van der Waals surface area contributed by atoms with Crippen molar-refractivity contribution in [2.75, 3.05) is 4.72 Å². The van der Waals surface area contributed by atoms with E-state index in [1.807, 2.05) is 19.9 Å². The summed E-state index contributed by atoms with van der Waals surface area (Å²) in [5, 5.41) is 3.66. The summed E-state index contributed by atoms with van der Waals surface area (Å²) in [7, 11) is -3.67. The largest absolute Gasteiger partial charge is 0.360 e. The fourth-order valence-electron chi connectivity index (χ4n) is 1.87. The van der Waals surface area contributed by atoms with Gasteiger partial charge in [0.25, 0.3) is 10.0 Å². The lowest BCUT2D eigenvalue weighted by atomic mass is 10.1. The van der Waals surface area contributed by atoms with Crippen LogP contribution in [0.5, 0.6) is 0 Å². The van der Waals surface area contributed by atoms with E-state index in [1.165, 1.54) is 0 Å². The van der Waals surface area contributed by atoms with E-state index < -0.39 is 10.0 Å². The van der Waals surface area contributed by atoms with Gasteiger partial charge in [0.2, 0.25) is 0 Å². The molecule has 1 N–H and O–H groups in total. The van der Waals surface area contributed by atoms with E-state index in [-0.39, 0.29) is 10.7 Å². The van der Waals surface area contributed by atoms with E-state index >= 15 is 0 Å². The zero-order chi connectivity index (χ0) is 14.2. The van der Waals surface area contributed by atoms with Gasteiger partial charge in [0.15, 0.2) is 10.7 Å². The summed E-state index contributed by atoms with van der Waals surface area (Å²) in [6, 6.07) is 5.41. The lowest BCUT2D eigenvalue weighted by Gasteiger charge is -2.09. The third-order valence-corrected chi connectivity index (χ3v) is 4.62. The number of aryl methyl sites for hydroxylation is 4. The van der Waals surface area contributed by atoms with Crippen molar-refractivity contribution in [1.82, 2.24) is 5.16 Å². The predicted molar refractivity (Wildman–Crippen MR) is 72.7 cm³/mol. The van der Waals surface area contributed by atoms with Crippen LogP contribution in [0.3, 0.4) is 0 Å². The first-order chi connectivity index (χ1) is 8.81. The Morgan fingerprint density at radius 2 is 1.79 bits per heavy atom. The molecule has 0 bridgehead atoms. The molecule has 0 radical (unpaired) electrons. The summed E-state index contributed by atoms with van der Waals surface area (Å²) in [5.41, 5.74) is 3.02. The molecule has 0 spiro atoms. The highest BCUT2D eigenvalue weighted by atomic mass is 32.2. The molecule has 0 atom stereocenters. The second-order valence-electron chi connectivity index (χ2n) is 4.56. The molecule has 0 amide bonds. The van der Waals surface area contributed by atoms with Crippen molar-refractivity contribution in [3.8, 4) is 0 Å². The highest BCUT2D eigenvalue weighted by Gasteiger charge is 2.24. The number of hydrogen-bond acceptors (Lipinski definition) is 4. The number of nitrogens with one attached hydrogen (secondary N) is 1. The van der Waals surface area contributed by atoms with Crippen LogP contribution < -0.4 is 4.72 Å². The number of sulfonamides is 1. The van der Waals surface area contributed by atoms with Crippen LogP contribution in [0, 0.1) is 27.7 Å². The summed E-state index contributed by atoms with van der Waals surface area (Å²) >= 11 is 0. The second kappa shape index (κ2) is 4.70. The Kier molecular flexibility index (Phi) is 3.36. The fourth-order valence-corrected chi connectivity index (χ4v) is 3.25. The van der Waals surface area contributed by atoms with Crippen molar-refractivity contribution < 1.29 is 12.9 Å². The molecule has 0 fully saturated rings. The number of hydrogen-bond donors (Lipinski definition) is 1. The minimum atomic E-state index is -3.67. The van der Waals surface area contributed by atoms with Gasteiger partial charge in [-0.2, -0.15) is 0 Å². The van der Waals surface area contributed by atoms with Crippen molar-refractivity contribution in [2.24, 2.45) is 0 Å². The van der Waals surface area contributed by atoms with E-state index in [4.69, 9.17) is 4.52 Å². The van der Waals surface area contributed by atoms with Gasteiger partial charge in [-0.15, -0.1) is 0 Å². The molecule has 2 aromatic rings. The molecule has 1 aromatic carbocycles. The van der Waals surface area contributed by atoms with Crippen molar-refractivity contribution in [3.63, 3.8) is 0 Å². The average Bonchev–Trinajstić information content (AvgIpc) is 2.64. The highest BCUT2D eigenvalue weighted by molar-refractivity contribution is 7.92. The minimum Gasteiger partial charge on any atom is -0.360 e. The van der Waals surface area contributed by atoms with Gasteiger partial charge in [0.05, 0.1) is 0 Å². The number of anilines is 1. The van der Waals surface area contributed by atoms with E-state index in [9.17, 15) is 8.42 Å². The van der Waals surface area contributed by atoms with Gasteiger partial charge in [-0.1, -0.05) is 11.2 Å². The molecule has 0 saturated carbocycles. The van der Waals surface area contributed by atoms with E-state index in [1.54, 1.807) is 26.0 Å². The van der Waals surface area contributed by atoms with Crippen LogP contribution in [-0.2, 0) is 10.0 Å². The maximum absolute atomic E-state index is 12.3. The molecule has 5 nitrogen and oxygen atoms in total. The Morgan fingerprint density at radius 1 is 1.11 bits per heavy atom. The number of nitrogens with zero attached hydrogens (tertiary/aromatic N) is 1. The molecule has 1 heterocycles. The van der Waals surface area contributed by atoms with Gasteiger partial charge in [-0.05, 0) is 51.0 Å². The predicted octanol–water partition coefficient (Wildman–Crippen LogP) is 2.71. The maximum Gasteiger partial charge on any atom is 0.267 e. The lowest BCUT2D eigenvalue weighted by Crippen LogP contribution is -2.14. The maximum atomic E-state index is 12.3. The standard InChI is InChI=1S/C13H16N2O3S/c1-8-5-6-12(7-9(8)2)15-19(16,17)13-10(3)14-18-11(13)4/h5-7,15H,1-4H3. The van der Waals surface area contributed by atoms with Crippen LogP contribution in [0.2, 0.25) is 0 Å². The number of rotatable bonds is 3. The highest BCUT2D eigenvalue weighted by Crippen LogP contribution is 2.23. The molecule has 0 aliphatic heterocycles. The molecule has 1 aromatic heterocycles. The minimum absolute atomic E-state index is 0.103. The Bertz CT molecular complexity index is 698. The summed E-state index contributed by atoms with van der Waals surface area (Å²) < 4.78 is 32.0. The smallest absolute Gasteiger partial charge is 0.267 e. The van der Waals surface area contributed by atoms with Crippen LogP contribution in [0.4, 0.5) is 5.69 Å². The van der Waals surface area contributed by atoms with Crippen LogP contribution in [0.25, 0.3) is 0 Å². The molecule has 6 heteroatoms. The third kappa shape index (κ3) is 2.63. The summed E-state index contributed by atoms with van der Waals surface area (Å²) in [5.74, 6) is 0.286. The molecule has 0 aliphatic rings. The molecule has 0 saturated heterocycles. The van der Waals surface area contributed by atoms with Gasteiger partial charge in [-0.25, -0.2) is 8.42 Å². The Balaban J connectivity index is 2.39. The first kappa shape index (κ1) is 13.6. The van der Waals surface area contributed by atoms with Crippen LogP contribution in [-0.4, -0.2) is 13.6 Å². The van der Waals surface area contributed by atoms with Gasteiger partial charge in [0, 0.05) is 5.69 Å². The normalized spacial score (nSPS) is 11.6. The topological polar surface area (TPSA) is 72.2 Å². The van der Waals surface area contributed by atoms with E-state index in [2.05, 4.69) is 9.88 Å². The molecule has 0 aliphatic carbocycles. The van der Waals surface area contributed by atoms with Crippen LogP contribution in [0.1, 0.15) is 22.6 Å². The Morgan fingerprint density at radius 3 is 2.32 bits per heavy atom. The Labute approximate surface area is 112 Å². The zero-order valence-electron chi connectivity index (χ0n) is 11.3. The molecule has 0 unspecified atom stereocenters. The summed E-state index contributed by atoms with van der Waals surface area (Å²) in [6.45, 7) is 7.09. The Hall–Kier alpha value is -1.82. The summed E-state index contributed by atoms with van der Waals surface area (Å²) in [6.07, 6.45) is 0. The zero-order valence-corrected chi connectivity index (χ0v) is 12.1. The summed E-state index contributed by atoms with van der Waals surface area (Å²) in [4.78, 5) is 0.103. The van der Waals surface area contributed by atoms with Gasteiger partial charge < -0.3 is 4.52 Å². The quantitative estimate of drug-likeness (QED) is 0.938. The van der Waals surface area contributed by atoms with Gasteiger partial charge in [-0.3, -0.25) is 4.72 Å². The molecular formula is C13H16N2O3S. The molecule has 2 rings (SSSR count). The van der Waals surface area contributed by atoms with Crippen molar-refractivity contribution in [3.05, 3.63) is 40.8 Å². The fraction of sp³-hybridized carbons (Fsp3) is 0.308. The number of aromatic nitrogens is 1. The van der Waals surface area contributed by atoms with Crippen molar-refractivity contribution in [2.45, 2.75) is 32.6 Å². The van der Waals surface area contributed by atoms with Crippen molar-refractivity contribution in [1.29, 1.82) is 0 Å². The first-order valence-electron chi connectivity index (χ1n) is 5.84. The third-order valence-electron chi connectivity index (χ3n) is 3.00. The van der Waals surface area contributed by atoms with E-state index in [0.29, 0.717) is 11.4 Å². The van der Waals surface area contributed by atoms with Crippen LogP contribution >= 0.6 is 0 Å². The van der Waals surface area contributed by atoms with Crippen LogP contribution in [0.15, 0.2) is 27.6 Å². The monoisotopic (exact) mass is 280 g/mol. The first-order valence-corrected chi connectivity index (χ1v) is 7.32. The lowest BCUT2D eigenvalue weighted by molar-refractivity contribution is 0.390. The SMILES string of the molecule is Cc1ccc(NS(=O)(=O)c2c(C)noc2C)cc1C. The van der Waals surface area contributed by atoms with Gasteiger partial charge in [0.1, 0.15) is 5.69 Å². The number of benzene rings is 1. The second-order valence-corrected chi connectivity index (χ2v) is 6.18. The van der Waals surface area contributed by atoms with Crippen molar-refractivity contribution >= 4 is 15.7 Å².